The molecule has 0 spiro atoms. The van der Waals surface area contributed by atoms with Crippen molar-refractivity contribution in [2.45, 2.75) is 13.3 Å². The maximum atomic E-state index is 11.6. The minimum atomic E-state index is 0.0921. The van der Waals surface area contributed by atoms with Crippen molar-refractivity contribution in [3.8, 4) is 5.88 Å². The van der Waals surface area contributed by atoms with Gasteiger partial charge in [0.15, 0.2) is 0 Å². The van der Waals surface area contributed by atoms with Crippen molar-refractivity contribution in [2.75, 3.05) is 12.4 Å². The lowest BCUT2D eigenvalue weighted by Crippen LogP contribution is -2.14. The average Bonchev–Trinajstić information content (AvgIpc) is 2.97. The SMILES string of the molecule is COc1ccc(NC(=O)[C@H]2C[C@H]2C)cn1. The molecule has 4 heteroatoms. The molecule has 0 bridgehead atoms. The standard InChI is InChI=1S/C11H14N2O2/c1-7-5-9(7)11(14)13-8-3-4-10(15-2)12-6-8/h3-4,6-7,9H,5H2,1-2H3,(H,13,14)/t7-,9+/m1/s1. The number of anilines is 1. The van der Waals surface area contributed by atoms with Crippen LogP contribution < -0.4 is 10.1 Å². The van der Waals surface area contributed by atoms with Gasteiger partial charge >= 0.3 is 0 Å². The van der Waals surface area contributed by atoms with E-state index in [9.17, 15) is 4.79 Å². The molecule has 1 aliphatic carbocycles. The predicted molar refractivity (Wildman–Crippen MR) is 56.7 cm³/mol. The quantitative estimate of drug-likeness (QED) is 0.818. The van der Waals surface area contributed by atoms with Gasteiger partial charge in [-0.05, 0) is 18.4 Å². The topological polar surface area (TPSA) is 51.2 Å². The number of aromatic nitrogens is 1. The molecule has 0 saturated heterocycles. The van der Waals surface area contributed by atoms with Crippen LogP contribution in [0.15, 0.2) is 18.3 Å². The molecule has 1 aromatic rings. The Bertz CT molecular complexity index is 361. The van der Waals surface area contributed by atoms with Crippen molar-refractivity contribution in [3.05, 3.63) is 18.3 Å². The largest absolute Gasteiger partial charge is 0.481 e. The number of carbonyl (C=O) groups is 1. The third-order valence-corrected chi connectivity index (χ3v) is 2.66. The first-order valence-corrected chi connectivity index (χ1v) is 5.01. The first-order chi connectivity index (χ1) is 7.20. The third kappa shape index (κ3) is 2.26. The molecule has 1 aliphatic rings. The second kappa shape index (κ2) is 3.88. The van der Waals surface area contributed by atoms with Crippen LogP contribution in [0.25, 0.3) is 0 Å². The van der Waals surface area contributed by atoms with Crippen LogP contribution in [-0.4, -0.2) is 18.0 Å². The molecule has 1 saturated carbocycles. The minimum Gasteiger partial charge on any atom is -0.481 e. The highest BCUT2D eigenvalue weighted by atomic mass is 16.5. The van der Waals surface area contributed by atoms with E-state index in [1.807, 2.05) is 0 Å². The zero-order chi connectivity index (χ0) is 10.8. The molecule has 1 heterocycles. The molecule has 2 atom stereocenters. The molecule has 1 aromatic heterocycles. The van der Waals surface area contributed by atoms with E-state index < -0.39 is 0 Å². The molecule has 0 unspecified atom stereocenters. The zero-order valence-corrected chi connectivity index (χ0v) is 8.86. The van der Waals surface area contributed by atoms with Crippen LogP contribution in [-0.2, 0) is 4.79 Å². The van der Waals surface area contributed by atoms with Gasteiger partial charge in [0.05, 0.1) is 19.0 Å². The number of hydrogen-bond donors (Lipinski definition) is 1. The Labute approximate surface area is 88.7 Å². The number of hydrogen-bond acceptors (Lipinski definition) is 3. The lowest BCUT2D eigenvalue weighted by Gasteiger charge is -2.04. The molecule has 1 N–H and O–H groups in total. The highest BCUT2D eigenvalue weighted by Gasteiger charge is 2.39. The van der Waals surface area contributed by atoms with Crippen molar-refractivity contribution < 1.29 is 9.53 Å². The normalized spacial score (nSPS) is 23.3. The van der Waals surface area contributed by atoms with Gasteiger partial charge in [0.25, 0.3) is 0 Å². The Morgan fingerprint density at radius 2 is 2.33 bits per heavy atom. The van der Waals surface area contributed by atoms with Crippen LogP contribution in [0.1, 0.15) is 13.3 Å². The van der Waals surface area contributed by atoms with Crippen LogP contribution in [0.5, 0.6) is 5.88 Å². The lowest BCUT2D eigenvalue weighted by molar-refractivity contribution is -0.117. The van der Waals surface area contributed by atoms with Crippen molar-refractivity contribution in [3.63, 3.8) is 0 Å². The molecule has 0 aromatic carbocycles. The fourth-order valence-corrected chi connectivity index (χ4v) is 1.50. The summed E-state index contributed by atoms with van der Waals surface area (Å²) < 4.78 is 4.93. The highest BCUT2D eigenvalue weighted by Crippen LogP contribution is 2.38. The van der Waals surface area contributed by atoms with Crippen LogP contribution in [0.3, 0.4) is 0 Å². The average molecular weight is 206 g/mol. The van der Waals surface area contributed by atoms with E-state index in [0.717, 1.165) is 12.1 Å². The van der Waals surface area contributed by atoms with Crippen molar-refractivity contribution >= 4 is 11.6 Å². The van der Waals surface area contributed by atoms with Crippen LogP contribution >= 0.6 is 0 Å². The molecular weight excluding hydrogens is 192 g/mol. The molecule has 1 amide bonds. The predicted octanol–water partition coefficient (Wildman–Crippen LogP) is 1.68. The Morgan fingerprint density at radius 3 is 2.80 bits per heavy atom. The van der Waals surface area contributed by atoms with Crippen molar-refractivity contribution in [2.24, 2.45) is 11.8 Å². The van der Waals surface area contributed by atoms with Crippen LogP contribution in [0.4, 0.5) is 5.69 Å². The van der Waals surface area contributed by atoms with Gasteiger partial charge in [-0.3, -0.25) is 4.79 Å². The van der Waals surface area contributed by atoms with Gasteiger partial charge in [0.2, 0.25) is 11.8 Å². The van der Waals surface area contributed by atoms with Crippen LogP contribution in [0, 0.1) is 11.8 Å². The summed E-state index contributed by atoms with van der Waals surface area (Å²) in [6.07, 6.45) is 2.60. The molecule has 2 rings (SSSR count). The number of carbonyl (C=O) groups excluding carboxylic acids is 1. The second-order valence-electron chi connectivity index (χ2n) is 3.90. The summed E-state index contributed by atoms with van der Waals surface area (Å²) in [5.74, 6) is 1.35. The molecule has 4 nitrogen and oxygen atoms in total. The molecule has 0 aliphatic heterocycles. The molecular formula is C11H14N2O2. The Hall–Kier alpha value is -1.58. The van der Waals surface area contributed by atoms with Gasteiger partial charge in [-0.15, -0.1) is 0 Å². The monoisotopic (exact) mass is 206 g/mol. The van der Waals surface area contributed by atoms with Gasteiger partial charge in [0, 0.05) is 12.0 Å². The van der Waals surface area contributed by atoms with Gasteiger partial charge in [-0.1, -0.05) is 6.92 Å². The summed E-state index contributed by atoms with van der Waals surface area (Å²) in [5.41, 5.74) is 0.722. The molecule has 0 radical (unpaired) electrons. The van der Waals surface area contributed by atoms with Gasteiger partial charge in [0.1, 0.15) is 0 Å². The van der Waals surface area contributed by atoms with Crippen molar-refractivity contribution in [1.82, 2.24) is 4.98 Å². The Kier molecular flexibility index (Phi) is 2.58. The summed E-state index contributed by atoms with van der Waals surface area (Å²) in [6.45, 7) is 2.08. The lowest BCUT2D eigenvalue weighted by atomic mass is 10.3. The van der Waals surface area contributed by atoms with E-state index in [1.54, 1.807) is 25.4 Å². The van der Waals surface area contributed by atoms with E-state index in [2.05, 4.69) is 17.2 Å². The number of pyridine rings is 1. The fourth-order valence-electron chi connectivity index (χ4n) is 1.50. The summed E-state index contributed by atoms with van der Waals surface area (Å²) in [6, 6.07) is 3.52. The van der Waals surface area contributed by atoms with E-state index in [0.29, 0.717) is 11.8 Å². The summed E-state index contributed by atoms with van der Waals surface area (Å²) >= 11 is 0. The van der Waals surface area contributed by atoms with E-state index in [-0.39, 0.29) is 11.8 Å². The van der Waals surface area contributed by atoms with Gasteiger partial charge in [-0.25, -0.2) is 4.98 Å². The molecule has 15 heavy (non-hydrogen) atoms. The van der Waals surface area contributed by atoms with Crippen LogP contribution in [0.2, 0.25) is 0 Å². The van der Waals surface area contributed by atoms with E-state index >= 15 is 0 Å². The summed E-state index contributed by atoms with van der Waals surface area (Å²) in [5, 5.41) is 2.83. The second-order valence-corrected chi connectivity index (χ2v) is 3.90. The third-order valence-electron chi connectivity index (χ3n) is 2.66. The minimum absolute atomic E-state index is 0.0921. The first-order valence-electron chi connectivity index (χ1n) is 5.01. The highest BCUT2D eigenvalue weighted by molar-refractivity contribution is 5.94. The van der Waals surface area contributed by atoms with E-state index in [1.165, 1.54) is 0 Å². The number of nitrogens with zero attached hydrogens (tertiary/aromatic N) is 1. The maximum absolute atomic E-state index is 11.6. The number of ether oxygens (including phenoxy) is 1. The number of nitrogens with one attached hydrogen (secondary N) is 1. The first kappa shape index (κ1) is 9.96. The van der Waals surface area contributed by atoms with Crippen molar-refractivity contribution in [1.29, 1.82) is 0 Å². The van der Waals surface area contributed by atoms with Gasteiger partial charge in [-0.2, -0.15) is 0 Å². The molecule has 80 valence electrons. The maximum Gasteiger partial charge on any atom is 0.227 e. The van der Waals surface area contributed by atoms with E-state index in [4.69, 9.17) is 4.74 Å². The number of methoxy groups -OCH3 is 1. The summed E-state index contributed by atoms with van der Waals surface area (Å²) in [4.78, 5) is 15.6. The fraction of sp³-hybridized carbons (Fsp3) is 0.455. The Balaban J connectivity index is 1.95. The zero-order valence-electron chi connectivity index (χ0n) is 8.86. The summed E-state index contributed by atoms with van der Waals surface area (Å²) in [7, 11) is 1.56. The number of rotatable bonds is 3. The smallest absolute Gasteiger partial charge is 0.227 e. The van der Waals surface area contributed by atoms with Gasteiger partial charge < -0.3 is 10.1 Å². The Morgan fingerprint density at radius 1 is 1.60 bits per heavy atom. The number of amides is 1. The molecule has 1 fully saturated rings.